The van der Waals surface area contributed by atoms with Gasteiger partial charge in [0.1, 0.15) is 5.01 Å². The Morgan fingerprint density at radius 2 is 0.754 bits per heavy atom. The van der Waals surface area contributed by atoms with Gasteiger partial charge in [-0.2, -0.15) is 0 Å². The molecule has 0 amide bonds. The van der Waals surface area contributed by atoms with E-state index < -0.39 is 0 Å². The first kappa shape index (κ1) is 37.1. The molecular weight excluding hydrogens is 813 g/mol. The molecule has 0 atom stereocenters. The number of rotatable bonds is 7. The Balaban J connectivity index is 0.878. The van der Waals surface area contributed by atoms with Crippen molar-refractivity contribution < 1.29 is 0 Å². The Morgan fingerprint density at radius 1 is 0.292 bits per heavy atom. The highest BCUT2D eigenvalue weighted by atomic mass is 32.1. The minimum absolute atomic E-state index is 0.613. The zero-order valence-electron chi connectivity index (χ0n) is 34.9. The highest BCUT2D eigenvalue weighted by Crippen LogP contribution is 2.40. The van der Waals surface area contributed by atoms with Crippen molar-refractivity contribution in [3.8, 4) is 67.2 Å². The van der Waals surface area contributed by atoms with Gasteiger partial charge in [-0.3, -0.25) is 0 Å². The highest BCUT2D eigenvalue weighted by Gasteiger charge is 2.18. The molecule has 0 spiro atoms. The van der Waals surface area contributed by atoms with Gasteiger partial charge in [0.2, 0.25) is 0 Å². The molecule has 0 saturated heterocycles. The summed E-state index contributed by atoms with van der Waals surface area (Å²) < 4.78 is 5.85. The minimum Gasteiger partial charge on any atom is -0.309 e. The maximum Gasteiger partial charge on any atom is 0.164 e. The molecule has 0 aliphatic carbocycles. The van der Waals surface area contributed by atoms with Crippen molar-refractivity contribution in [1.29, 1.82) is 0 Å². The molecular formula is C58H36N6S. The van der Waals surface area contributed by atoms with Crippen LogP contribution >= 0.6 is 11.3 Å². The fourth-order valence-electron chi connectivity index (χ4n) is 9.34. The summed E-state index contributed by atoms with van der Waals surface area (Å²) >= 11 is 1.69. The standard InChI is InChI=1S/C58H36N6S/c1-4-15-37(16-5-1)55-60-56(38-17-6-2-7-18-38)62-57(61-55)41-29-32-54-49(36-41)59-58(65-54)42-19-14-22-44(33-42)64-51-26-13-11-24-46(51)48-35-40(28-31-53(48)64)39-27-30-52-47(34-39)45-23-10-12-25-50(45)63(52)43-20-8-3-9-21-43/h1-36H. The van der Waals surface area contributed by atoms with Crippen molar-refractivity contribution in [2.75, 3.05) is 0 Å². The van der Waals surface area contributed by atoms with E-state index in [2.05, 4.69) is 167 Å². The van der Waals surface area contributed by atoms with Gasteiger partial charge >= 0.3 is 0 Å². The second-order valence-corrected chi connectivity index (χ2v) is 17.3. The maximum absolute atomic E-state index is 5.22. The van der Waals surface area contributed by atoms with Crippen LogP contribution in [0.25, 0.3) is 121 Å². The predicted octanol–water partition coefficient (Wildman–Crippen LogP) is 15.0. The van der Waals surface area contributed by atoms with Crippen molar-refractivity contribution in [3.63, 3.8) is 0 Å². The lowest BCUT2D eigenvalue weighted by Crippen LogP contribution is -2.00. The van der Waals surface area contributed by atoms with Gasteiger partial charge in [0.15, 0.2) is 17.5 Å². The van der Waals surface area contributed by atoms with Crippen molar-refractivity contribution in [1.82, 2.24) is 29.1 Å². The van der Waals surface area contributed by atoms with E-state index >= 15 is 0 Å². The summed E-state index contributed by atoms with van der Waals surface area (Å²) in [4.78, 5) is 20.0. The Hall–Kier alpha value is -8.52. The number of aromatic nitrogens is 6. The second-order valence-electron chi connectivity index (χ2n) is 16.3. The van der Waals surface area contributed by atoms with Gasteiger partial charge in [-0.05, 0) is 90.0 Å². The Labute approximate surface area is 378 Å². The molecule has 65 heavy (non-hydrogen) atoms. The molecule has 0 unspecified atom stereocenters. The van der Waals surface area contributed by atoms with Crippen molar-refractivity contribution in [2.45, 2.75) is 0 Å². The van der Waals surface area contributed by atoms with Crippen LogP contribution in [-0.2, 0) is 0 Å². The lowest BCUT2D eigenvalue weighted by molar-refractivity contribution is 1.07. The first-order chi connectivity index (χ1) is 32.2. The number of thiazole rings is 1. The molecule has 0 saturated carbocycles. The van der Waals surface area contributed by atoms with Crippen LogP contribution in [0.4, 0.5) is 0 Å². The van der Waals surface area contributed by atoms with Gasteiger partial charge in [0.25, 0.3) is 0 Å². The van der Waals surface area contributed by atoms with E-state index in [0.29, 0.717) is 17.5 Å². The molecule has 304 valence electrons. The Morgan fingerprint density at radius 3 is 1.35 bits per heavy atom. The summed E-state index contributed by atoms with van der Waals surface area (Å²) in [6.45, 7) is 0. The van der Waals surface area contributed by atoms with Gasteiger partial charge < -0.3 is 9.13 Å². The van der Waals surface area contributed by atoms with Gasteiger partial charge in [-0.25, -0.2) is 19.9 Å². The molecule has 9 aromatic carbocycles. The third kappa shape index (κ3) is 6.32. The zero-order valence-corrected chi connectivity index (χ0v) is 35.7. The van der Waals surface area contributed by atoms with Crippen molar-refractivity contribution >= 4 is 65.2 Å². The second kappa shape index (κ2) is 15.1. The van der Waals surface area contributed by atoms with E-state index in [9.17, 15) is 0 Å². The van der Waals surface area contributed by atoms with E-state index in [1.807, 2.05) is 60.7 Å². The molecule has 6 nitrogen and oxygen atoms in total. The molecule has 13 rings (SSSR count). The average molecular weight is 849 g/mol. The Kier molecular flexibility index (Phi) is 8.60. The summed E-state index contributed by atoms with van der Waals surface area (Å²) in [6.07, 6.45) is 0. The monoisotopic (exact) mass is 848 g/mol. The van der Waals surface area contributed by atoms with Crippen LogP contribution in [0, 0.1) is 0 Å². The van der Waals surface area contributed by atoms with Crippen molar-refractivity contribution in [2.24, 2.45) is 0 Å². The SMILES string of the molecule is c1ccc(-c2nc(-c3ccccc3)nc(-c3ccc4sc(-c5cccc(-n6c7ccccc7c7cc(-c8ccc9c(c8)c8ccccc8n9-c8ccccc8)ccc76)c5)nc4c3)n2)cc1. The Bertz CT molecular complexity index is 3890. The van der Waals surface area contributed by atoms with Crippen LogP contribution in [-0.4, -0.2) is 29.1 Å². The summed E-state index contributed by atoms with van der Waals surface area (Å²) in [5.41, 5.74) is 14.1. The molecule has 4 heterocycles. The molecule has 0 N–H and O–H groups in total. The van der Waals surface area contributed by atoms with Crippen LogP contribution in [0.2, 0.25) is 0 Å². The largest absolute Gasteiger partial charge is 0.309 e. The van der Waals surface area contributed by atoms with E-state index in [4.69, 9.17) is 19.9 Å². The average Bonchev–Trinajstić information content (AvgIpc) is 4.07. The molecule has 0 aliphatic rings. The summed E-state index contributed by atoms with van der Waals surface area (Å²) in [5.74, 6) is 1.88. The quantitative estimate of drug-likeness (QED) is 0.160. The zero-order chi connectivity index (χ0) is 42.8. The minimum atomic E-state index is 0.613. The topological polar surface area (TPSA) is 61.4 Å². The molecule has 0 radical (unpaired) electrons. The van der Waals surface area contributed by atoms with E-state index in [1.54, 1.807) is 11.3 Å². The summed E-state index contributed by atoms with van der Waals surface area (Å²) in [5, 5.41) is 5.88. The third-order valence-electron chi connectivity index (χ3n) is 12.4. The van der Waals surface area contributed by atoms with Crippen molar-refractivity contribution in [3.05, 3.63) is 218 Å². The molecule has 4 aromatic heterocycles. The number of nitrogens with zero attached hydrogens (tertiary/aromatic N) is 6. The van der Waals surface area contributed by atoms with Crippen LogP contribution in [0.5, 0.6) is 0 Å². The molecule has 13 aromatic rings. The number of hydrogen-bond acceptors (Lipinski definition) is 5. The number of para-hydroxylation sites is 3. The number of fused-ring (bicyclic) bond motifs is 7. The normalized spacial score (nSPS) is 11.7. The number of hydrogen-bond donors (Lipinski definition) is 0. The maximum atomic E-state index is 5.22. The fraction of sp³-hybridized carbons (Fsp3) is 0. The summed E-state index contributed by atoms with van der Waals surface area (Å²) in [6, 6.07) is 77.1. The summed E-state index contributed by atoms with van der Waals surface area (Å²) in [7, 11) is 0. The van der Waals surface area contributed by atoms with Crippen LogP contribution < -0.4 is 0 Å². The van der Waals surface area contributed by atoms with Crippen LogP contribution in [0.1, 0.15) is 0 Å². The third-order valence-corrected chi connectivity index (χ3v) is 13.5. The van der Waals surface area contributed by atoms with Gasteiger partial charge in [-0.1, -0.05) is 140 Å². The molecule has 0 fully saturated rings. The predicted molar refractivity (Wildman–Crippen MR) is 269 cm³/mol. The van der Waals surface area contributed by atoms with Crippen LogP contribution in [0.15, 0.2) is 218 Å². The highest BCUT2D eigenvalue weighted by molar-refractivity contribution is 7.21. The van der Waals surface area contributed by atoms with Crippen LogP contribution in [0.3, 0.4) is 0 Å². The molecule has 7 heteroatoms. The van der Waals surface area contributed by atoms with E-state index in [1.165, 1.54) is 43.7 Å². The lowest BCUT2D eigenvalue weighted by Gasteiger charge is -2.10. The number of benzene rings is 9. The molecule has 0 bridgehead atoms. The van der Waals surface area contributed by atoms with Gasteiger partial charge in [-0.15, -0.1) is 11.3 Å². The molecule has 0 aliphatic heterocycles. The van der Waals surface area contributed by atoms with E-state index in [-0.39, 0.29) is 0 Å². The van der Waals surface area contributed by atoms with Gasteiger partial charge in [0, 0.05) is 55.2 Å². The lowest BCUT2D eigenvalue weighted by atomic mass is 10.0. The van der Waals surface area contributed by atoms with Gasteiger partial charge in [0.05, 0.1) is 32.3 Å². The smallest absolute Gasteiger partial charge is 0.164 e. The van der Waals surface area contributed by atoms with E-state index in [0.717, 1.165) is 59.9 Å². The first-order valence-electron chi connectivity index (χ1n) is 21.7. The first-order valence-corrected chi connectivity index (χ1v) is 22.5. The fourth-order valence-corrected chi connectivity index (χ4v) is 10.3.